The van der Waals surface area contributed by atoms with Crippen LogP contribution in [0.5, 0.6) is 0 Å². The van der Waals surface area contributed by atoms with Crippen LogP contribution in [0.25, 0.3) is 0 Å². The van der Waals surface area contributed by atoms with Crippen LogP contribution in [0.4, 0.5) is 17.1 Å². The molecule has 0 N–H and O–H groups in total. The lowest BCUT2D eigenvalue weighted by atomic mass is 10.2. The number of carbonyl (C=O) groups is 1. The zero-order chi connectivity index (χ0) is 21.5. The molecule has 0 radical (unpaired) electrons. The van der Waals surface area contributed by atoms with Gasteiger partial charge < -0.3 is 4.90 Å². The van der Waals surface area contributed by atoms with Gasteiger partial charge in [0.25, 0.3) is 5.91 Å². The van der Waals surface area contributed by atoms with Crippen molar-refractivity contribution in [1.29, 1.82) is 0 Å². The van der Waals surface area contributed by atoms with E-state index in [4.69, 9.17) is 4.99 Å². The summed E-state index contributed by atoms with van der Waals surface area (Å²) in [5.74, 6) is -0.0383. The number of para-hydroxylation sites is 1. The summed E-state index contributed by atoms with van der Waals surface area (Å²) in [6.45, 7) is 4.09. The number of anilines is 2. The Morgan fingerprint density at radius 2 is 1.61 bits per heavy atom. The van der Waals surface area contributed by atoms with E-state index >= 15 is 0 Å². The molecule has 31 heavy (non-hydrogen) atoms. The number of benzene rings is 3. The molecule has 3 aromatic rings. The monoisotopic (exact) mass is 443 g/mol. The van der Waals surface area contributed by atoms with E-state index in [0.29, 0.717) is 10.1 Å². The first-order valence-electron chi connectivity index (χ1n) is 10.0. The number of hydrogen-bond donors (Lipinski definition) is 0. The van der Waals surface area contributed by atoms with Crippen LogP contribution in [0, 0.1) is 13.8 Å². The molecule has 1 fully saturated rings. The fraction of sp³-hybridized carbons (Fsp3) is 0.120. The van der Waals surface area contributed by atoms with Crippen molar-refractivity contribution in [2.75, 3.05) is 16.8 Å². The predicted octanol–water partition coefficient (Wildman–Crippen LogP) is 6.48. The fourth-order valence-corrected chi connectivity index (χ4v) is 5.95. The summed E-state index contributed by atoms with van der Waals surface area (Å²) in [5, 5.41) is 1.62. The van der Waals surface area contributed by atoms with E-state index in [1.807, 2.05) is 74.6 Å². The minimum atomic E-state index is -0.0383. The maximum absolute atomic E-state index is 13.7. The van der Waals surface area contributed by atoms with Crippen molar-refractivity contribution in [2.24, 2.45) is 4.99 Å². The first-order valence-corrected chi connectivity index (χ1v) is 11.6. The van der Waals surface area contributed by atoms with Gasteiger partial charge in [0.2, 0.25) is 0 Å². The molecule has 0 aromatic heterocycles. The standard InChI is InChI=1S/C25H21N3OS2/c1-16-11-13-18(14-12-16)26-25-28(19-8-6-7-17(2)15-19)23(29)22(31-25)24-27(3)20-9-4-5-10-21(20)30-24/h4-15H,1-3H3/b24-22-,26-25?. The van der Waals surface area contributed by atoms with Crippen molar-refractivity contribution in [2.45, 2.75) is 18.7 Å². The van der Waals surface area contributed by atoms with Crippen molar-refractivity contribution in [1.82, 2.24) is 0 Å². The third-order valence-corrected chi connectivity index (χ3v) is 7.63. The third-order valence-electron chi connectivity index (χ3n) is 5.23. The number of rotatable bonds is 2. The lowest BCUT2D eigenvalue weighted by Gasteiger charge is -2.17. The van der Waals surface area contributed by atoms with E-state index in [1.54, 1.807) is 16.7 Å². The summed E-state index contributed by atoms with van der Waals surface area (Å²) in [5.41, 5.74) is 5.07. The van der Waals surface area contributed by atoms with E-state index in [-0.39, 0.29) is 5.91 Å². The molecule has 5 rings (SSSR count). The quantitative estimate of drug-likeness (QED) is 0.425. The molecule has 4 nitrogen and oxygen atoms in total. The Kier molecular flexibility index (Phi) is 5.12. The van der Waals surface area contributed by atoms with E-state index < -0.39 is 0 Å². The van der Waals surface area contributed by atoms with Gasteiger partial charge in [-0.15, -0.1) is 0 Å². The summed E-state index contributed by atoms with van der Waals surface area (Å²) in [6, 6.07) is 24.3. The van der Waals surface area contributed by atoms with Crippen molar-refractivity contribution in [3.05, 3.63) is 93.9 Å². The van der Waals surface area contributed by atoms with E-state index in [1.165, 1.54) is 17.3 Å². The molecule has 0 saturated carbocycles. The molecule has 154 valence electrons. The maximum Gasteiger partial charge on any atom is 0.274 e. The predicted molar refractivity (Wildman–Crippen MR) is 132 cm³/mol. The van der Waals surface area contributed by atoms with Gasteiger partial charge in [0.1, 0.15) is 4.91 Å². The molecule has 2 heterocycles. The Labute approximate surface area is 190 Å². The van der Waals surface area contributed by atoms with Crippen LogP contribution in [0.15, 0.2) is 92.6 Å². The first kappa shape index (κ1) is 20.0. The number of aryl methyl sites for hydroxylation is 2. The van der Waals surface area contributed by atoms with E-state index in [9.17, 15) is 4.79 Å². The molecule has 0 spiro atoms. The Morgan fingerprint density at radius 3 is 2.35 bits per heavy atom. The van der Waals surface area contributed by atoms with Crippen molar-refractivity contribution in [3.8, 4) is 0 Å². The Balaban J connectivity index is 1.62. The highest BCUT2D eigenvalue weighted by atomic mass is 32.2. The van der Waals surface area contributed by atoms with Gasteiger partial charge in [-0.2, -0.15) is 0 Å². The van der Waals surface area contributed by atoms with E-state index in [2.05, 4.69) is 24.0 Å². The lowest BCUT2D eigenvalue weighted by molar-refractivity contribution is -0.113. The van der Waals surface area contributed by atoms with E-state index in [0.717, 1.165) is 32.6 Å². The maximum atomic E-state index is 13.7. The summed E-state index contributed by atoms with van der Waals surface area (Å²) in [6.07, 6.45) is 0. The van der Waals surface area contributed by atoms with Crippen LogP contribution in [0.1, 0.15) is 11.1 Å². The summed E-state index contributed by atoms with van der Waals surface area (Å²) in [7, 11) is 2.02. The second kappa shape index (κ2) is 7.94. The molecular formula is C25H21N3OS2. The first-order chi connectivity index (χ1) is 15.0. The summed E-state index contributed by atoms with van der Waals surface area (Å²) < 4.78 is 0. The molecule has 0 unspecified atom stereocenters. The van der Waals surface area contributed by atoms with Gasteiger partial charge >= 0.3 is 0 Å². The number of amides is 1. The number of fused-ring (bicyclic) bond motifs is 1. The molecule has 0 bridgehead atoms. The highest BCUT2D eigenvalue weighted by Gasteiger charge is 2.40. The van der Waals surface area contributed by atoms with Crippen LogP contribution in [-0.4, -0.2) is 18.1 Å². The Hall–Kier alpha value is -2.96. The van der Waals surface area contributed by atoms with Gasteiger partial charge in [-0.25, -0.2) is 4.99 Å². The zero-order valence-corrected chi connectivity index (χ0v) is 19.1. The van der Waals surface area contributed by atoms with Crippen molar-refractivity contribution >= 4 is 51.7 Å². The van der Waals surface area contributed by atoms with Crippen molar-refractivity contribution < 1.29 is 4.79 Å². The Morgan fingerprint density at radius 1 is 0.839 bits per heavy atom. The minimum absolute atomic E-state index is 0.0383. The van der Waals surface area contributed by atoms with Crippen LogP contribution < -0.4 is 9.80 Å². The summed E-state index contributed by atoms with van der Waals surface area (Å²) >= 11 is 3.08. The fourth-order valence-electron chi connectivity index (χ4n) is 3.60. The average Bonchev–Trinajstić information content (AvgIpc) is 3.26. The number of hydrogen-bond acceptors (Lipinski definition) is 5. The molecule has 1 amide bonds. The van der Waals surface area contributed by atoms with Crippen LogP contribution in [0.2, 0.25) is 0 Å². The van der Waals surface area contributed by atoms with Gasteiger partial charge in [0.05, 0.1) is 22.1 Å². The molecular weight excluding hydrogens is 422 g/mol. The number of aliphatic imine (C=N–C) groups is 1. The number of carbonyl (C=O) groups excluding carboxylic acids is 1. The average molecular weight is 444 g/mol. The van der Waals surface area contributed by atoms with Crippen LogP contribution in [0.3, 0.4) is 0 Å². The molecule has 2 aliphatic heterocycles. The number of thioether (sulfide) groups is 2. The van der Waals surface area contributed by atoms with Gasteiger partial charge in [0.15, 0.2) is 5.17 Å². The smallest absolute Gasteiger partial charge is 0.274 e. The van der Waals surface area contributed by atoms with Gasteiger partial charge in [0, 0.05) is 11.9 Å². The third kappa shape index (κ3) is 3.66. The molecule has 3 aromatic carbocycles. The summed E-state index contributed by atoms with van der Waals surface area (Å²) in [4.78, 5) is 24.2. The highest BCUT2D eigenvalue weighted by molar-refractivity contribution is 8.20. The zero-order valence-electron chi connectivity index (χ0n) is 17.5. The topological polar surface area (TPSA) is 35.9 Å². The number of amidine groups is 1. The minimum Gasteiger partial charge on any atom is -0.337 e. The lowest BCUT2D eigenvalue weighted by Crippen LogP contribution is -2.29. The largest absolute Gasteiger partial charge is 0.337 e. The SMILES string of the molecule is Cc1ccc(N=C2S/C(=C3\Sc4ccccc4N3C)C(=O)N2c2cccc(C)c2)cc1. The van der Waals surface area contributed by atoms with Crippen molar-refractivity contribution in [3.63, 3.8) is 0 Å². The molecule has 0 aliphatic carbocycles. The Bertz CT molecular complexity index is 1250. The second-order valence-corrected chi connectivity index (χ2v) is 9.58. The number of nitrogens with zero attached hydrogens (tertiary/aromatic N) is 3. The van der Waals surface area contributed by atoms with Crippen LogP contribution >= 0.6 is 23.5 Å². The van der Waals surface area contributed by atoms with Gasteiger partial charge in [-0.3, -0.25) is 9.69 Å². The molecule has 0 atom stereocenters. The van der Waals surface area contributed by atoms with Gasteiger partial charge in [-0.05, 0) is 67.6 Å². The molecule has 6 heteroatoms. The molecule has 2 aliphatic rings. The van der Waals surface area contributed by atoms with Gasteiger partial charge in [-0.1, -0.05) is 53.7 Å². The highest BCUT2D eigenvalue weighted by Crippen LogP contribution is 2.50. The van der Waals surface area contributed by atoms with Crippen LogP contribution in [-0.2, 0) is 4.79 Å². The normalized spacial score (nSPS) is 19.5. The second-order valence-electron chi connectivity index (χ2n) is 7.57. The molecule has 1 saturated heterocycles.